The fourth-order valence-corrected chi connectivity index (χ4v) is 3.65. The van der Waals surface area contributed by atoms with E-state index in [-0.39, 0.29) is 12.3 Å². The number of thiazole rings is 1. The first-order valence-electron chi connectivity index (χ1n) is 8.18. The lowest BCUT2D eigenvalue weighted by molar-refractivity contribution is -0.115. The van der Waals surface area contributed by atoms with Gasteiger partial charge in [-0.15, -0.1) is 11.3 Å². The highest BCUT2D eigenvalue weighted by Gasteiger charge is 2.13. The fourth-order valence-electron chi connectivity index (χ4n) is 2.78. The van der Waals surface area contributed by atoms with Crippen LogP contribution in [-0.4, -0.2) is 22.4 Å². The first-order chi connectivity index (χ1) is 12.7. The number of benzene rings is 2. The van der Waals surface area contributed by atoms with E-state index in [2.05, 4.69) is 10.3 Å². The molecule has 6 heteroatoms. The number of ether oxygens (including phenoxy) is 1. The fraction of sp³-hybridized carbons (Fsp3) is 0.100. The van der Waals surface area contributed by atoms with Gasteiger partial charge in [0.2, 0.25) is 5.91 Å². The molecule has 0 radical (unpaired) electrons. The van der Waals surface area contributed by atoms with E-state index in [0.717, 1.165) is 27.6 Å². The van der Waals surface area contributed by atoms with Crippen molar-refractivity contribution in [2.45, 2.75) is 6.42 Å². The van der Waals surface area contributed by atoms with Gasteiger partial charge in [0.05, 0.1) is 19.2 Å². The molecule has 0 fully saturated rings. The van der Waals surface area contributed by atoms with E-state index in [4.69, 9.17) is 4.74 Å². The van der Waals surface area contributed by atoms with Crippen molar-refractivity contribution >= 4 is 27.9 Å². The smallest absolute Gasteiger partial charge is 0.230 e. The van der Waals surface area contributed by atoms with E-state index in [1.165, 1.54) is 11.3 Å². The highest BCUT2D eigenvalue weighted by atomic mass is 32.1. The number of aromatic nitrogens is 2. The minimum absolute atomic E-state index is 0.0760. The number of carbonyl (C=O) groups excluding carboxylic acids is 1. The minimum Gasteiger partial charge on any atom is -0.497 e. The van der Waals surface area contributed by atoms with Crippen LogP contribution in [-0.2, 0) is 11.2 Å². The number of nitrogens with zero attached hydrogens (tertiary/aromatic N) is 2. The van der Waals surface area contributed by atoms with Crippen LogP contribution in [0.25, 0.3) is 16.2 Å². The molecule has 4 rings (SSSR count). The van der Waals surface area contributed by atoms with Gasteiger partial charge < -0.3 is 10.1 Å². The molecule has 0 atom stereocenters. The Bertz CT molecular complexity index is 1050. The minimum atomic E-state index is -0.0760. The number of rotatable bonds is 5. The van der Waals surface area contributed by atoms with Crippen molar-refractivity contribution < 1.29 is 9.53 Å². The van der Waals surface area contributed by atoms with Crippen molar-refractivity contribution in [1.29, 1.82) is 0 Å². The predicted octanol–water partition coefficient (Wildman–Crippen LogP) is 4.25. The number of imidazole rings is 1. The molecule has 26 heavy (non-hydrogen) atoms. The second-order valence-corrected chi connectivity index (χ2v) is 6.67. The number of anilines is 1. The van der Waals surface area contributed by atoms with Gasteiger partial charge >= 0.3 is 0 Å². The number of amides is 1. The van der Waals surface area contributed by atoms with Crippen LogP contribution in [0.15, 0.2) is 66.2 Å². The Kier molecular flexibility index (Phi) is 4.41. The molecule has 1 amide bonds. The van der Waals surface area contributed by atoms with Crippen molar-refractivity contribution in [2.75, 3.05) is 12.4 Å². The Morgan fingerprint density at radius 3 is 2.85 bits per heavy atom. The molecule has 0 aliphatic carbocycles. The monoisotopic (exact) mass is 363 g/mol. The second-order valence-electron chi connectivity index (χ2n) is 5.83. The third-order valence-electron chi connectivity index (χ3n) is 4.05. The zero-order chi connectivity index (χ0) is 17.9. The van der Waals surface area contributed by atoms with Crippen molar-refractivity contribution in [3.8, 4) is 17.0 Å². The first kappa shape index (κ1) is 16.4. The normalized spacial score (nSPS) is 10.8. The topological polar surface area (TPSA) is 55.6 Å². The number of hydrogen-bond donors (Lipinski definition) is 1. The molecule has 0 bridgehead atoms. The Hall–Kier alpha value is -3.12. The van der Waals surface area contributed by atoms with E-state index in [1.54, 1.807) is 13.2 Å². The summed E-state index contributed by atoms with van der Waals surface area (Å²) in [6.07, 6.45) is 2.26. The molecule has 2 heterocycles. The maximum absolute atomic E-state index is 12.4. The Balaban J connectivity index is 1.53. The van der Waals surface area contributed by atoms with Crippen molar-refractivity contribution in [2.24, 2.45) is 0 Å². The highest BCUT2D eigenvalue weighted by molar-refractivity contribution is 7.15. The molecule has 2 aromatic heterocycles. The number of fused-ring (bicyclic) bond motifs is 1. The average molecular weight is 363 g/mol. The summed E-state index contributed by atoms with van der Waals surface area (Å²) < 4.78 is 7.17. The van der Waals surface area contributed by atoms with Crippen LogP contribution < -0.4 is 10.1 Å². The van der Waals surface area contributed by atoms with Crippen molar-refractivity contribution in [3.05, 3.63) is 71.9 Å². The second kappa shape index (κ2) is 7.01. The maximum atomic E-state index is 12.4. The van der Waals surface area contributed by atoms with Gasteiger partial charge in [-0.2, -0.15) is 0 Å². The van der Waals surface area contributed by atoms with Crippen LogP contribution in [0.5, 0.6) is 5.75 Å². The Labute approximate surface area is 154 Å². The molecule has 2 aromatic carbocycles. The van der Waals surface area contributed by atoms with Gasteiger partial charge in [0.1, 0.15) is 5.75 Å². The van der Waals surface area contributed by atoms with Crippen LogP contribution in [0.4, 0.5) is 5.69 Å². The lowest BCUT2D eigenvalue weighted by Gasteiger charge is -2.06. The molecule has 0 spiro atoms. The quantitative estimate of drug-likeness (QED) is 0.577. The van der Waals surface area contributed by atoms with Crippen molar-refractivity contribution in [1.82, 2.24) is 9.38 Å². The van der Waals surface area contributed by atoms with E-state index in [0.29, 0.717) is 5.75 Å². The SMILES string of the molecule is COc1cccc(NC(=O)Cc2csc3nc(-c4ccccc4)cn23)c1. The van der Waals surface area contributed by atoms with E-state index in [1.807, 2.05) is 64.5 Å². The molecular formula is C20H17N3O2S. The maximum Gasteiger partial charge on any atom is 0.230 e. The molecule has 0 unspecified atom stereocenters. The zero-order valence-corrected chi connectivity index (χ0v) is 15.0. The third-order valence-corrected chi connectivity index (χ3v) is 4.94. The van der Waals surface area contributed by atoms with E-state index in [9.17, 15) is 4.79 Å². The number of hydrogen-bond acceptors (Lipinski definition) is 4. The summed E-state index contributed by atoms with van der Waals surface area (Å²) in [4.78, 5) is 18.0. The molecular weight excluding hydrogens is 346 g/mol. The van der Waals surface area contributed by atoms with Gasteiger partial charge in [-0.1, -0.05) is 36.4 Å². The molecule has 130 valence electrons. The van der Waals surface area contributed by atoms with Gasteiger partial charge in [0, 0.05) is 34.6 Å². The number of carbonyl (C=O) groups is 1. The van der Waals surface area contributed by atoms with Gasteiger partial charge in [0.15, 0.2) is 4.96 Å². The summed E-state index contributed by atoms with van der Waals surface area (Å²) in [5.74, 6) is 0.635. The van der Waals surface area contributed by atoms with Gasteiger partial charge in [-0.25, -0.2) is 4.98 Å². The number of nitrogens with one attached hydrogen (secondary N) is 1. The largest absolute Gasteiger partial charge is 0.497 e. The third kappa shape index (κ3) is 3.32. The Morgan fingerprint density at radius 2 is 2.04 bits per heavy atom. The molecule has 0 aliphatic rings. The number of methoxy groups -OCH3 is 1. The lowest BCUT2D eigenvalue weighted by Crippen LogP contribution is -2.15. The van der Waals surface area contributed by atoms with E-state index >= 15 is 0 Å². The van der Waals surface area contributed by atoms with Gasteiger partial charge in [-0.3, -0.25) is 9.20 Å². The van der Waals surface area contributed by atoms with Gasteiger partial charge in [0.25, 0.3) is 0 Å². The summed E-state index contributed by atoms with van der Waals surface area (Å²) in [6, 6.07) is 17.4. The lowest BCUT2D eigenvalue weighted by atomic mass is 10.2. The molecule has 0 aliphatic heterocycles. The van der Waals surface area contributed by atoms with Crippen LogP contribution in [0.3, 0.4) is 0 Å². The van der Waals surface area contributed by atoms with E-state index < -0.39 is 0 Å². The standard InChI is InChI=1S/C20H17N3O2S/c1-25-17-9-5-8-15(10-17)21-19(24)11-16-13-26-20-22-18(12-23(16)20)14-6-3-2-4-7-14/h2-10,12-13H,11H2,1H3,(H,21,24). The van der Waals surface area contributed by atoms with Crippen LogP contribution in [0, 0.1) is 0 Å². The summed E-state index contributed by atoms with van der Waals surface area (Å²) in [5, 5.41) is 4.88. The summed E-state index contributed by atoms with van der Waals surface area (Å²) >= 11 is 1.54. The van der Waals surface area contributed by atoms with Crippen LogP contribution >= 0.6 is 11.3 Å². The molecule has 4 aromatic rings. The van der Waals surface area contributed by atoms with Gasteiger partial charge in [-0.05, 0) is 12.1 Å². The Morgan fingerprint density at radius 1 is 1.19 bits per heavy atom. The predicted molar refractivity (Wildman–Crippen MR) is 104 cm³/mol. The van der Waals surface area contributed by atoms with Crippen LogP contribution in [0.1, 0.15) is 5.69 Å². The first-order valence-corrected chi connectivity index (χ1v) is 9.06. The molecule has 0 saturated carbocycles. The highest BCUT2D eigenvalue weighted by Crippen LogP contribution is 2.24. The summed E-state index contributed by atoms with van der Waals surface area (Å²) in [6.45, 7) is 0. The summed E-state index contributed by atoms with van der Waals surface area (Å²) in [5.41, 5.74) is 3.61. The summed E-state index contributed by atoms with van der Waals surface area (Å²) in [7, 11) is 1.60. The average Bonchev–Trinajstić information content (AvgIpc) is 3.25. The van der Waals surface area contributed by atoms with Crippen molar-refractivity contribution in [3.63, 3.8) is 0 Å². The molecule has 0 saturated heterocycles. The zero-order valence-electron chi connectivity index (χ0n) is 14.2. The molecule has 5 nitrogen and oxygen atoms in total. The van der Waals surface area contributed by atoms with Crippen LogP contribution in [0.2, 0.25) is 0 Å². The molecule has 1 N–H and O–H groups in total.